The van der Waals surface area contributed by atoms with Gasteiger partial charge in [0.25, 0.3) is 0 Å². The van der Waals surface area contributed by atoms with Gasteiger partial charge >= 0.3 is 0 Å². The second-order valence-electron chi connectivity index (χ2n) is 4.02. The van der Waals surface area contributed by atoms with Crippen molar-refractivity contribution in [2.45, 2.75) is 19.8 Å². The number of hydrogen-bond acceptors (Lipinski definition) is 2. The van der Waals surface area contributed by atoms with Gasteiger partial charge in [0, 0.05) is 22.7 Å². The molecule has 0 spiro atoms. The molecule has 0 aliphatic rings. The van der Waals surface area contributed by atoms with Gasteiger partial charge in [0.1, 0.15) is 5.75 Å². The third-order valence-electron chi connectivity index (χ3n) is 3.01. The van der Waals surface area contributed by atoms with Crippen LogP contribution in [0.25, 0.3) is 10.9 Å². The minimum absolute atomic E-state index is 0.732. The highest BCUT2D eigenvalue weighted by Gasteiger charge is 2.09. The van der Waals surface area contributed by atoms with Gasteiger partial charge in [0.2, 0.25) is 0 Å². The Morgan fingerprint density at radius 3 is 2.88 bits per heavy atom. The van der Waals surface area contributed by atoms with E-state index in [0.717, 1.165) is 25.1 Å². The summed E-state index contributed by atoms with van der Waals surface area (Å²) in [4.78, 5) is 3.29. The van der Waals surface area contributed by atoms with Crippen LogP contribution in [-0.4, -0.2) is 18.6 Å². The molecule has 16 heavy (non-hydrogen) atoms. The lowest BCUT2D eigenvalue weighted by molar-refractivity contribution is 0.412. The lowest BCUT2D eigenvalue weighted by Crippen LogP contribution is -2.00. The zero-order chi connectivity index (χ0) is 11.5. The molecule has 0 fully saturated rings. The molecule has 1 aromatic carbocycles. The standard InChI is InChI=1S/C13H18N2O/c1-9-12(16-2)6-5-11-13(9)10(8-15-11)4-3-7-14/h5-6,8,15H,3-4,7,14H2,1-2H3. The summed E-state index contributed by atoms with van der Waals surface area (Å²) in [5.41, 5.74) is 9.25. The van der Waals surface area contributed by atoms with Gasteiger partial charge < -0.3 is 15.5 Å². The summed E-state index contributed by atoms with van der Waals surface area (Å²) in [5, 5.41) is 1.28. The Labute approximate surface area is 95.6 Å². The molecule has 2 aromatic rings. The van der Waals surface area contributed by atoms with E-state index in [1.165, 1.54) is 22.0 Å². The number of fused-ring (bicyclic) bond motifs is 1. The van der Waals surface area contributed by atoms with E-state index in [1.807, 2.05) is 6.07 Å². The molecule has 0 amide bonds. The fourth-order valence-corrected chi connectivity index (χ4v) is 2.17. The lowest BCUT2D eigenvalue weighted by Gasteiger charge is -2.07. The average Bonchev–Trinajstić information content (AvgIpc) is 2.71. The van der Waals surface area contributed by atoms with Gasteiger partial charge in [-0.3, -0.25) is 0 Å². The molecular formula is C13H18N2O. The van der Waals surface area contributed by atoms with Gasteiger partial charge in [-0.1, -0.05) is 0 Å². The van der Waals surface area contributed by atoms with Crippen molar-refractivity contribution in [2.24, 2.45) is 5.73 Å². The van der Waals surface area contributed by atoms with Crippen LogP contribution >= 0.6 is 0 Å². The first-order valence-corrected chi connectivity index (χ1v) is 5.61. The molecule has 0 bridgehead atoms. The van der Waals surface area contributed by atoms with E-state index in [0.29, 0.717) is 0 Å². The second-order valence-corrected chi connectivity index (χ2v) is 4.02. The van der Waals surface area contributed by atoms with E-state index < -0.39 is 0 Å². The van der Waals surface area contributed by atoms with Crippen molar-refractivity contribution in [2.75, 3.05) is 13.7 Å². The Bertz CT molecular complexity index is 488. The number of hydrogen-bond donors (Lipinski definition) is 2. The molecule has 1 heterocycles. The predicted molar refractivity (Wildman–Crippen MR) is 67.0 cm³/mol. The molecule has 2 rings (SSSR count). The van der Waals surface area contributed by atoms with Crippen LogP contribution in [0.4, 0.5) is 0 Å². The van der Waals surface area contributed by atoms with E-state index in [4.69, 9.17) is 10.5 Å². The normalized spacial score (nSPS) is 10.9. The number of aromatic amines is 1. The second kappa shape index (κ2) is 4.58. The van der Waals surface area contributed by atoms with Crippen molar-refractivity contribution in [3.63, 3.8) is 0 Å². The Balaban J connectivity index is 2.50. The van der Waals surface area contributed by atoms with E-state index in [-0.39, 0.29) is 0 Å². The number of nitrogens with two attached hydrogens (primary N) is 1. The fraction of sp³-hybridized carbons (Fsp3) is 0.385. The van der Waals surface area contributed by atoms with E-state index in [1.54, 1.807) is 7.11 Å². The van der Waals surface area contributed by atoms with Gasteiger partial charge in [-0.2, -0.15) is 0 Å². The molecule has 0 unspecified atom stereocenters. The Morgan fingerprint density at radius 1 is 1.38 bits per heavy atom. The molecular weight excluding hydrogens is 200 g/mol. The van der Waals surface area contributed by atoms with Gasteiger partial charge in [0.15, 0.2) is 0 Å². The SMILES string of the molecule is COc1ccc2[nH]cc(CCCN)c2c1C. The number of rotatable bonds is 4. The first-order chi connectivity index (χ1) is 7.77. The topological polar surface area (TPSA) is 51.0 Å². The van der Waals surface area contributed by atoms with Crippen LogP contribution < -0.4 is 10.5 Å². The van der Waals surface area contributed by atoms with Gasteiger partial charge in [-0.05, 0) is 44.0 Å². The molecule has 0 saturated heterocycles. The number of nitrogens with one attached hydrogen (secondary N) is 1. The quantitative estimate of drug-likeness (QED) is 0.827. The monoisotopic (exact) mass is 218 g/mol. The van der Waals surface area contributed by atoms with Crippen molar-refractivity contribution in [1.82, 2.24) is 4.98 Å². The number of methoxy groups -OCH3 is 1. The molecule has 0 aliphatic carbocycles. The maximum atomic E-state index is 5.55. The van der Waals surface area contributed by atoms with Crippen LogP contribution in [0.1, 0.15) is 17.5 Å². The summed E-state index contributed by atoms with van der Waals surface area (Å²) in [5.74, 6) is 0.945. The van der Waals surface area contributed by atoms with Crippen LogP contribution in [0.15, 0.2) is 18.3 Å². The third kappa shape index (κ3) is 1.78. The van der Waals surface area contributed by atoms with Crippen molar-refractivity contribution >= 4 is 10.9 Å². The molecule has 1 aromatic heterocycles. The number of benzene rings is 1. The molecule has 3 N–H and O–H groups in total. The number of ether oxygens (including phenoxy) is 1. The molecule has 0 radical (unpaired) electrons. The summed E-state index contributed by atoms with van der Waals surface area (Å²) in [6, 6.07) is 4.06. The highest BCUT2D eigenvalue weighted by atomic mass is 16.5. The Morgan fingerprint density at radius 2 is 2.19 bits per heavy atom. The molecule has 0 atom stereocenters. The maximum absolute atomic E-state index is 5.55. The number of aryl methyl sites for hydroxylation is 2. The fourth-order valence-electron chi connectivity index (χ4n) is 2.17. The van der Waals surface area contributed by atoms with Crippen LogP contribution in [0, 0.1) is 6.92 Å². The first kappa shape index (κ1) is 11.0. The molecule has 0 aliphatic heterocycles. The number of H-pyrrole nitrogens is 1. The average molecular weight is 218 g/mol. The molecule has 3 nitrogen and oxygen atoms in total. The molecule has 0 saturated carbocycles. The van der Waals surface area contributed by atoms with Gasteiger partial charge in [-0.15, -0.1) is 0 Å². The first-order valence-electron chi connectivity index (χ1n) is 5.61. The van der Waals surface area contributed by atoms with Crippen LogP contribution in [0.3, 0.4) is 0 Å². The van der Waals surface area contributed by atoms with E-state index in [2.05, 4.69) is 24.2 Å². The van der Waals surface area contributed by atoms with Gasteiger partial charge in [0.05, 0.1) is 7.11 Å². The van der Waals surface area contributed by atoms with Gasteiger partial charge in [-0.25, -0.2) is 0 Å². The highest BCUT2D eigenvalue weighted by molar-refractivity contribution is 5.88. The Kier molecular flexibility index (Phi) is 3.15. The minimum atomic E-state index is 0.732. The number of aromatic nitrogens is 1. The highest BCUT2D eigenvalue weighted by Crippen LogP contribution is 2.29. The molecule has 86 valence electrons. The zero-order valence-corrected chi connectivity index (χ0v) is 9.84. The predicted octanol–water partition coefficient (Wildman–Crippen LogP) is 2.38. The lowest BCUT2D eigenvalue weighted by atomic mass is 10.0. The molecule has 3 heteroatoms. The van der Waals surface area contributed by atoms with Crippen LogP contribution in [-0.2, 0) is 6.42 Å². The van der Waals surface area contributed by atoms with Crippen molar-refractivity contribution in [1.29, 1.82) is 0 Å². The van der Waals surface area contributed by atoms with Crippen LogP contribution in [0.2, 0.25) is 0 Å². The van der Waals surface area contributed by atoms with E-state index in [9.17, 15) is 0 Å². The van der Waals surface area contributed by atoms with Crippen molar-refractivity contribution < 1.29 is 4.74 Å². The summed E-state index contributed by atoms with van der Waals surface area (Å²) >= 11 is 0. The van der Waals surface area contributed by atoms with Crippen LogP contribution in [0.5, 0.6) is 5.75 Å². The summed E-state index contributed by atoms with van der Waals surface area (Å²) < 4.78 is 5.34. The Hall–Kier alpha value is -1.48. The summed E-state index contributed by atoms with van der Waals surface area (Å²) in [6.07, 6.45) is 4.11. The smallest absolute Gasteiger partial charge is 0.122 e. The summed E-state index contributed by atoms with van der Waals surface area (Å²) in [7, 11) is 1.71. The van der Waals surface area contributed by atoms with Crippen molar-refractivity contribution in [3.8, 4) is 5.75 Å². The summed E-state index contributed by atoms with van der Waals surface area (Å²) in [6.45, 7) is 2.83. The van der Waals surface area contributed by atoms with Crippen molar-refractivity contribution in [3.05, 3.63) is 29.5 Å². The zero-order valence-electron chi connectivity index (χ0n) is 9.84. The third-order valence-corrected chi connectivity index (χ3v) is 3.01. The maximum Gasteiger partial charge on any atom is 0.122 e. The minimum Gasteiger partial charge on any atom is -0.496 e. The van der Waals surface area contributed by atoms with E-state index >= 15 is 0 Å². The largest absolute Gasteiger partial charge is 0.496 e.